The van der Waals surface area contributed by atoms with Crippen LogP contribution in [0.25, 0.3) is 11.0 Å². The van der Waals surface area contributed by atoms with Crippen LogP contribution in [-0.4, -0.2) is 36.9 Å². The van der Waals surface area contributed by atoms with Gasteiger partial charge in [0.25, 0.3) is 5.56 Å². The molecule has 0 aliphatic rings. The lowest BCUT2D eigenvalue weighted by Crippen LogP contribution is -2.26. The Morgan fingerprint density at radius 3 is 2.39 bits per heavy atom. The summed E-state index contributed by atoms with van der Waals surface area (Å²) in [5.41, 5.74) is 13.6. The van der Waals surface area contributed by atoms with Gasteiger partial charge < -0.3 is 25.7 Å². The molecule has 0 bridgehead atoms. The first-order valence-electron chi connectivity index (χ1n) is 11.3. The average Bonchev–Trinajstić information content (AvgIpc) is 3.20. The average molecular weight is 486 g/mol. The van der Waals surface area contributed by atoms with Crippen LogP contribution in [0.15, 0.2) is 59.5 Å². The predicted molar refractivity (Wildman–Crippen MR) is 138 cm³/mol. The number of imidazole rings is 1. The van der Waals surface area contributed by atoms with E-state index in [1.165, 1.54) is 10.8 Å². The van der Waals surface area contributed by atoms with Crippen LogP contribution >= 0.6 is 0 Å². The van der Waals surface area contributed by atoms with Crippen LogP contribution in [0.5, 0.6) is 0 Å². The molecule has 0 amide bonds. The number of carboxylic acid groups (broad SMARTS) is 1. The standard InChI is InChI=1S/C26H27N7O3/c1-14(2)24-31-20-19(26(35)36)13-32(12-17-7-3-4-9-18(17)23(29)30)25(34)21(20)33(24)11-15-6-5-8-16(10-15)22(27)28/h3-10,13-14H,11-12H2,1-2H3,(H3,27,28)(H3,29,30)(H,35,36). The van der Waals surface area contributed by atoms with E-state index in [0.29, 0.717) is 22.5 Å². The maximum Gasteiger partial charge on any atom is 0.339 e. The van der Waals surface area contributed by atoms with Crippen molar-refractivity contribution in [1.29, 1.82) is 10.8 Å². The minimum absolute atomic E-state index is 0.0345. The highest BCUT2D eigenvalue weighted by atomic mass is 16.4. The summed E-state index contributed by atoms with van der Waals surface area (Å²) in [4.78, 5) is 30.6. The van der Waals surface area contributed by atoms with Gasteiger partial charge in [-0.25, -0.2) is 9.78 Å². The van der Waals surface area contributed by atoms with Crippen molar-refractivity contribution in [2.24, 2.45) is 11.5 Å². The fourth-order valence-corrected chi connectivity index (χ4v) is 4.29. The second kappa shape index (κ2) is 9.49. The van der Waals surface area contributed by atoms with Crippen molar-refractivity contribution in [3.8, 4) is 0 Å². The molecule has 2 heterocycles. The van der Waals surface area contributed by atoms with Crippen LogP contribution in [0.4, 0.5) is 0 Å². The number of amidine groups is 2. The lowest BCUT2D eigenvalue weighted by atomic mass is 10.1. The number of benzene rings is 2. The quantitative estimate of drug-likeness (QED) is 0.189. The molecule has 7 N–H and O–H groups in total. The number of rotatable bonds is 8. The van der Waals surface area contributed by atoms with Gasteiger partial charge in [-0.1, -0.05) is 56.3 Å². The predicted octanol–water partition coefficient (Wildman–Crippen LogP) is 2.68. The summed E-state index contributed by atoms with van der Waals surface area (Å²) in [6, 6.07) is 14.1. The number of nitrogen functional groups attached to an aromatic ring is 2. The van der Waals surface area contributed by atoms with Gasteiger partial charge in [0.2, 0.25) is 0 Å². The molecule has 0 radical (unpaired) electrons. The zero-order chi connectivity index (χ0) is 26.1. The van der Waals surface area contributed by atoms with E-state index in [2.05, 4.69) is 4.98 Å². The summed E-state index contributed by atoms with van der Waals surface area (Å²) in [5, 5.41) is 25.6. The summed E-state index contributed by atoms with van der Waals surface area (Å²) in [7, 11) is 0. The molecule has 0 unspecified atom stereocenters. The summed E-state index contributed by atoms with van der Waals surface area (Å²) in [6.45, 7) is 4.12. The van der Waals surface area contributed by atoms with Crippen molar-refractivity contribution >= 4 is 28.7 Å². The number of carbonyl (C=O) groups is 1. The molecule has 4 rings (SSSR count). The van der Waals surface area contributed by atoms with Crippen molar-refractivity contribution < 1.29 is 9.90 Å². The van der Waals surface area contributed by atoms with E-state index in [4.69, 9.17) is 22.3 Å². The smallest absolute Gasteiger partial charge is 0.339 e. The number of carboxylic acids is 1. The molecule has 10 heteroatoms. The normalized spacial score (nSPS) is 11.2. The van der Waals surface area contributed by atoms with E-state index < -0.39 is 11.5 Å². The molecule has 0 saturated heterocycles. The van der Waals surface area contributed by atoms with Gasteiger partial charge in [0.1, 0.15) is 34.1 Å². The monoisotopic (exact) mass is 485 g/mol. The number of nitrogens with one attached hydrogen (secondary N) is 2. The Balaban J connectivity index is 1.97. The Hall–Kier alpha value is -4.73. The molecular weight excluding hydrogens is 458 g/mol. The highest BCUT2D eigenvalue weighted by molar-refractivity contribution is 6.01. The maximum atomic E-state index is 13.8. The summed E-state index contributed by atoms with van der Waals surface area (Å²) in [5.74, 6) is -0.945. The van der Waals surface area contributed by atoms with Crippen molar-refractivity contribution in [2.75, 3.05) is 0 Å². The van der Waals surface area contributed by atoms with Crippen LogP contribution in [0.1, 0.15) is 58.2 Å². The Bertz CT molecular complexity index is 1580. The minimum Gasteiger partial charge on any atom is -0.478 e. The number of aromatic nitrogens is 3. The Kier molecular flexibility index (Phi) is 6.43. The molecule has 10 nitrogen and oxygen atoms in total. The molecule has 0 spiro atoms. The number of fused-ring (bicyclic) bond motifs is 1. The Morgan fingerprint density at radius 2 is 1.75 bits per heavy atom. The molecule has 184 valence electrons. The summed E-state index contributed by atoms with van der Waals surface area (Å²) >= 11 is 0. The fraction of sp³-hybridized carbons (Fsp3) is 0.192. The van der Waals surface area contributed by atoms with Crippen molar-refractivity contribution in [2.45, 2.75) is 32.9 Å². The molecule has 0 fully saturated rings. The van der Waals surface area contributed by atoms with Crippen LogP contribution in [-0.2, 0) is 13.1 Å². The largest absolute Gasteiger partial charge is 0.478 e. The highest BCUT2D eigenvalue weighted by Gasteiger charge is 2.24. The van der Waals surface area contributed by atoms with E-state index in [1.807, 2.05) is 19.9 Å². The molecule has 0 aliphatic heterocycles. The fourth-order valence-electron chi connectivity index (χ4n) is 4.29. The Morgan fingerprint density at radius 1 is 1.03 bits per heavy atom. The van der Waals surface area contributed by atoms with Gasteiger partial charge in [0.05, 0.1) is 6.54 Å². The van der Waals surface area contributed by atoms with E-state index in [0.717, 1.165) is 5.56 Å². The number of nitrogens with two attached hydrogens (primary N) is 2. The summed E-state index contributed by atoms with van der Waals surface area (Å²) in [6.07, 6.45) is 1.29. The van der Waals surface area contributed by atoms with E-state index in [-0.39, 0.29) is 47.3 Å². The first kappa shape index (κ1) is 24.4. The van der Waals surface area contributed by atoms with E-state index in [9.17, 15) is 14.7 Å². The maximum absolute atomic E-state index is 13.8. The molecule has 0 atom stereocenters. The van der Waals surface area contributed by atoms with Gasteiger partial charge in [-0.15, -0.1) is 0 Å². The molecule has 36 heavy (non-hydrogen) atoms. The minimum atomic E-state index is -1.20. The van der Waals surface area contributed by atoms with Gasteiger partial charge >= 0.3 is 5.97 Å². The number of aromatic carboxylic acids is 1. The number of nitrogens with zero attached hydrogens (tertiary/aromatic N) is 3. The van der Waals surface area contributed by atoms with Crippen molar-refractivity contribution in [3.05, 3.63) is 98.7 Å². The number of hydrogen-bond donors (Lipinski definition) is 5. The zero-order valence-electron chi connectivity index (χ0n) is 19.9. The van der Waals surface area contributed by atoms with Crippen molar-refractivity contribution in [3.63, 3.8) is 0 Å². The SMILES string of the molecule is CC(C)c1nc2c(C(=O)O)cn(Cc3ccccc3C(=N)N)c(=O)c2n1Cc1cccc(C(=N)N)c1. The molecule has 2 aromatic carbocycles. The second-order valence-electron chi connectivity index (χ2n) is 8.87. The van der Waals surface area contributed by atoms with Crippen LogP contribution < -0.4 is 17.0 Å². The third kappa shape index (κ3) is 4.48. The molecular formula is C26H27N7O3. The van der Waals surface area contributed by atoms with E-state index in [1.54, 1.807) is 47.0 Å². The second-order valence-corrected chi connectivity index (χ2v) is 8.87. The van der Waals surface area contributed by atoms with Gasteiger partial charge in [0, 0.05) is 29.8 Å². The van der Waals surface area contributed by atoms with Gasteiger partial charge in [0.15, 0.2) is 0 Å². The Labute approximate surface area is 206 Å². The number of hydrogen-bond acceptors (Lipinski definition) is 5. The molecule has 2 aromatic heterocycles. The number of pyridine rings is 1. The van der Waals surface area contributed by atoms with Crippen molar-refractivity contribution in [1.82, 2.24) is 14.1 Å². The molecule has 4 aromatic rings. The third-order valence-electron chi connectivity index (χ3n) is 5.97. The topological polar surface area (TPSA) is 177 Å². The summed E-state index contributed by atoms with van der Waals surface area (Å²) < 4.78 is 3.06. The zero-order valence-corrected chi connectivity index (χ0v) is 19.9. The van der Waals surface area contributed by atoms with Gasteiger partial charge in [-0.3, -0.25) is 15.6 Å². The van der Waals surface area contributed by atoms with Crippen LogP contribution in [0, 0.1) is 10.8 Å². The van der Waals surface area contributed by atoms with Crippen LogP contribution in [0.3, 0.4) is 0 Å². The van der Waals surface area contributed by atoms with E-state index >= 15 is 0 Å². The first-order valence-corrected chi connectivity index (χ1v) is 11.3. The van der Waals surface area contributed by atoms with Gasteiger partial charge in [-0.05, 0) is 17.2 Å². The lowest BCUT2D eigenvalue weighted by Gasteiger charge is -2.14. The molecule has 0 saturated carbocycles. The molecule has 0 aliphatic carbocycles. The van der Waals surface area contributed by atoms with Gasteiger partial charge in [-0.2, -0.15) is 0 Å². The lowest BCUT2D eigenvalue weighted by molar-refractivity contribution is 0.0698. The third-order valence-corrected chi connectivity index (χ3v) is 5.97. The highest BCUT2D eigenvalue weighted by Crippen LogP contribution is 2.24. The van der Waals surface area contributed by atoms with Crippen LogP contribution in [0.2, 0.25) is 0 Å². The first-order chi connectivity index (χ1) is 17.1.